The van der Waals surface area contributed by atoms with Gasteiger partial charge >= 0.3 is 7.48 Å². The Morgan fingerprint density at radius 1 is 1.00 bits per heavy atom. The molecule has 1 N–H and O–H groups in total. The highest BCUT2D eigenvalue weighted by molar-refractivity contribution is 6.35. The Balaban J connectivity index is 2.01. The number of hydrogen-bond acceptors (Lipinski definition) is 7. The average molecular weight is 228 g/mol. The van der Waals surface area contributed by atoms with Crippen LogP contribution in [0.4, 0.5) is 0 Å². The third kappa shape index (κ3) is 6.27. The van der Waals surface area contributed by atoms with E-state index in [2.05, 4.69) is 30.0 Å². The van der Waals surface area contributed by atoms with Crippen molar-refractivity contribution in [3.8, 4) is 0 Å². The van der Waals surface area contributed by atoms with Gasteiger partial charge in [-0.2, -0.15) is 0 Å². The van der Waals surface area contributed by atoms with Crippen molar-refractivity contribution >= 4 is 13.6 Å². The van der Waals surface area contributed by atoms with Crippen LogP contribution in [0, 0.1) is 0 Å². The van der Waals surface area contributed by atoms with Gasteiger partial charge in [-0.15, -0.1) is 0 Å². The lowest BCUT2D eigenvalue weighted by Crippen LogP contribution is -2.01. The molecule has 0 bridgehead atoms. The van der Waals surface area contributed by atoms with Crippen molar-refractivity contribution in [3.05, 3.63) is 41.9 Å². The SMILES string of the molecule is OOOOOOOB/C=C/c1ccccc1. The number of rotatable bonds is 8. The van der Waals surface area contributed by atoms with Gasteiger partial charge in [0.2, 0.25) is 0 Å². The second-order valence-corrected chi connectivity index (χ2v) is 2.44. The standard InChI is InChI=1S/C8H9BO7/c10-12-14-16-15-13-11-9-7-6-8-4-2-1-3-5-8/h1-7,9-10H/b7-6+. The predicted octanol–water partition coefficient (Wildman–Crippen LogP) is 1.16. The number of benzene rings is 1. The first-order chi connectivity index (χ1) is 7.93. The van der Waals surface area contributed by atoms with E-state index in [4.69, 9.17) is 5.26 Å². The summed E-state index contributed by atoms with van der Waals surface area (Å²) in [6.45, 7) is 0. The molecule has 0 heterocycles. The van der Waals surface area contributed by atoms with E-state index in [9.17, 15) is 0 Å². The van der Waals surface area contributed by atoms with Crippen molar-refractivity contribution in [1.82, 2.24) is 0 Å². The zero-order valence-electron chi connectivity index (χ0n) is 8.15. The molecular weight excluding hydrogens is 219 g/mol. The Kier molecular flexibility index (Phi) is 7.21. The summed E-state index contributed by atoms with van der Waals surface area (Å²) in [5.41, 5.74) is 1.03. The van der Waals surface area contributed by atoms with Crippen LogP contribution < -0.4 is 0 Å². The van der Waals surface area contributed by atoms with Gasteiger partial charge in [0.1, 0.15) is 0 Å². The van der Waals surface area contributed by atoms with Crippen LogP contribution in [0.3, 0.4) is 0 Å². The zero-order chi connectivity index (χ0) is 11.5. The Morgan fingerprint density at radius 2 is 1.75 bits per heavy atom. The molecule has 0 radical (unpaired) electrons. The smallest absolute Gasteiger partial charge is 0.272 e. The second kappa shape index (κ2) is 9.01. The topological polar surface area (TPSA) is 75.6 Å². The van der Waals surface area contributed by atoms with Crippen LogP contribution in [0.15, 0.2) is 36.3 Å². The molecule has 0 aliphatic heterocycles. The van der Waals surface area contributed by atoms with Crippen molar-refractivity contribution < 1.29 is 35.3 Å². The molecular formula is C8H9BO7. The van der Waals surface area contributed by atoms with Gasteiger partial charge in [0.15, 0.2) is 0 Å². The first-order valence-electron chi connectivity index (χ1n) is 4.25. The van der Waals surface area contributed by atoms with Crippen LogP contribution in [0.2, 0.25) is 0 Å². The summed E-state index contributed by atoms with van der Waals surface area (Å²) in [5, 5.41) is 25.4. The fraction of sp³-hybridized carbons (Fsp3) is 0. The van der Waals surface area contributed by atoms with Gasteiger partial charge in [-0.3, -0.25) is 4.81 Å². The van der Waals surface area contributed by atoms with Gasteiger partial charge in [0.25, 0.3) is 0 Å². The average Bonchev–Trinajstić information content (AvgIpc) is 2.34. The molecule has 0 saturated carbocycles. The maximum atomic E-state index is 7.60. The lowest BCUT2D eigenvalue weighted by molar-refractivity contribution is -0.780. The summed E-state index contributed by atoms with van der Waals surface area (Å²) in [6.07, 6.45) is 1.83. The van der Waals surface area contributed by atoms with Crippen LogP contribution in [0.1, 0.15) is 5.56 Å². The Morgan fingerprint density at radius 3 is 2.50 bits per heavy atom. The molecule has 0 spiro atoms. The monoisotopic (exact) mass is 228 g/mol. The van der Waals surface area contributed by atoms with Gasteiger partial charge in [0.05, 0.1) is 0 Å². The van der Waals surface area contributed by atoms with E-state index in [0.29, 0.717) is 0 Å². The van der Waals surface area contributed by atoms with E-state index < -0.39 is 0 Å². The number of hydrogen-bond donors (Lipinski definition) is 1. The molecule has 0 amide bonds. The molecule has 16 heavy (non-hydrogen) atoms. The Hall–Kier alpha value is -1.26. The van der Waals surface area contributed by atoms with Crippen LogP contribution in [-0.2, 0) is 30.0 Å². The zero-order valence-corrected chi connectivity index (χ0v) is 8.15. The molecule has 1 rings (SSSR count). The summed E-state index contributed by atoms with van der Waals surface area (Å²) in [5.74, 6) is 1.70. The molecule has 0 aliphatic rings. The largest absolute Gasteiger partial charge is 0.353 e. The van der Waals surface area contributed by atoms with E-state index in [1.807, 2.05) is 36.4 Å². The van der Waals surface area contributed by atoms with Gasteiger partial charge in [-0.1, -0.05) is 47.4 Å². The highest BCUT2D eigenvalue weighted by Crippen LogP contribution is 2.00. The molecule has 0 aromatic heterocycles. The third-order valence-corrected chi connectivity index (χ3v) is 1.44. The van der Waals surface area contributed by atoms with Crippen molar-refractivity contribution in [2.24, 2.45) is 0 Å². The van der Waals surface area contributed by atoms with E-state index in [1.54, 1.807) is 5.98 Å². The Labute approximate surface area is 91.5 Å². The molecule has 7 nitrogen and oxygen atoms in total. The molecule has 86 valence electrons. The minimum Gasteiger partial charge on any atom is -0.272 e. The van der Waals surface area contributed by atoms with Gasteiger partial charge in [-0.25, -0.2) is 5.26 Å². The molecule has 1 aromatic carbocycles. The summed E-state index contributed by atoms with van der Waals surface area (Å²) in [6, 6.07) is 9.62. The van der Waals surface area contributed by atoms with E-state index in [-0.39, 0.29) is 7.48 Å². The normalized spacial score (nSPS) is 10.8. The van der Waals surface area contributed by atoms with Crippen LogP contribution in [0.5, 0.6) is 0 Å². The summed E-state index contributed by atoms with van der Waals surface area (Å²) < 4.78 is 0. The van der Waals surface area contributed by atoms with Crippen molar-refractivity contribution in [3.63, 3.8) is 0 Å². The highest BCUT2D eigenvalue weighted by Gasteiger charge is 1.92. The molecule has 0 unspecified atom stereocenters. The molecule has 1 aromatic rings. The maximum absolute atomic E-state index is 7.60. The maximum Gasteiger partial charge on any atom is 0.353 e. The molecule has 0 fully saturated rings. The van der Waals surface area contributed by atoms with E-state index in [0.717, 1.165) is 5.56 Å². The summed E-state index contributed by atoms with van der Waals surface area (Å²) in [4.78, 5) is 4.45. The fourth-order valence-corrected chi connectivity index (χ4v) is 0.870. The summed E-state index contributed by atoms with van der Waals surface area (Å²) in [7, 11) is 0.137. The van der Waals surface area contributed by atoms with Crippen molar-refractivity contribution in [2.75, 3.05) is 0 Å². The molecule has 0 atom stereocenters. The predicted molar refractivity (Wildman–Crippen MR) is 51.8 cm³/mol. The van der Waals surface area contributed by atoms with Gasteiger partial charge < -0.3 is 0 Å². The molecule has 0 saturated heterocycles. The van der Waals surface area contributed by atoms with Gasteiger partial charge in [0, 0.05) is 0 Å². The van der Waals surface area contributed by atoms with Crippen LogP contribution >= 0.6 is 0 Å². The fourth-order valence-electron chi connectivity index (χ4n) is 0.870. The van der Waals surface area contributed by atoms with Crippen LogP contribution in [-0.4, -0.2) is 12.7 Å². The first-order valence-corrected chi connectivity index (χ1v) is 4.25. The third-order valence-electron chi connectivity index (χ3n) is 1.44. The summed E-state index contributed by atoms with van der Waals surface area (Å²) >= 11 is 0. The minimum absolute atomic E-state index is 0.137. The molecule has 0 aliphatic carbocycles. The minimum atomic E-state index is 0.137. The highest BCUT2D eigenvalue weighted by atomic mass is 17.9. The lowest BCUT2D eigenvalue weighted by Gasteiger charge is -1.96. The van der Waals surface area contributed by atoms with Crippen molar-refractivity contribution in [2.45, 2.75) is 0 Å². The quantitative estimate of drug-likeness (QED) is 0.309. The van der Waals surface area contributed by atoms with Gasteiger partial charge in [-0.05, 0) is 25.7 Å². The lowest BCUT2D eigenvalue weighted by atomic mass is 10.0. The van der Waals surface area contributed by atoms with Crippen LogP contribution in [0.25, 0.3) is 6.08 Å². The van der Waals surface area contributed by atoms with Crippen molar-refractivity contribution in [1.29, 1.82) is 0 Å². The first kappa shape index (κ1) is 12.8. The van der Waals surface area contributed by atoms with E-state index >= 15 is 0 Å². The van der Waals surface area contributed by atoms with E-state index in [1.165, 1.54) is 0 Å². The molecule has 8 heteroatoms. The Bertz CT molecular complexity index is 292. The second-order valence-electron chi connectivity index (χ2n) is 2.44.